The van der Waals surface area contributed by atoms with Gasteiger partial charge in [-0.05, 0) is 5.92 Å². The Kier molecular flexibility index (Phi) is 2.27. The molecule has 0 spiro atoms. The molecular formula is C7H12O3. The van der Waals surface area contributed by atoms with E-state index >= 15 is 0 Å². The topological polar surface area (TPSA) is 35.5 Å². The minimum Gasteiger partial charge on any atom is -0.436 e. The van der Waals surface area contributed by atoms with Gasteiger partial charge < -0.3 is 9.47 Å². The first kappa shape index (κ1) is 7.54. The molecule has 0 N–H and O–H groups in total. The maximum Gasteiger partial charge on any atom is 0.304 e. The summed E-state index contributed by atoms with van der Waals surface area (Å²) in [5, 5.41) is 0. The van der Waals surface area contributed by atoms with Crippen molar-refractivity contribution in [3.8, 4) is 0 Å². The van der Waals surface area contributed by atoms with Gasteiger partial charge in [0.25, 0.3) is 0 Å². The van der Waals surface area contributed by atoms with Crippen LogP contribution in [0.1, 0.15) is 20.3 Å². The van der Waals surface area contributed by atoms with E-state index in [4.69, 9.17) is 9.47 Å². The minimum absolute atomic E-state index is 0.265. The lowest BCUT2D eigenvalue weighted by molar-refractivity contribution is -0.166. The van der Waals surface area contributed by atoms with Gasteiger partial charge in [-0.15, -0.1) is 0 Å². The van der Waals surface area contributed by atoms with E-state index in [1.165, 1.54) is 6.92 Å². The Bertz CT molecular complexity index is 133. The fraction of sp³-hybridized carbons (Fsp3) is 0.857. The molecule has 3 nitrogen and oxygen atoms in total. The molecule has 1 rings (SSSR count). The minimum atomic E-state index is -0.285. The van der Waals surface area contributed by atoms with E-state index in [2.05, 4.69) is 6.92 Å². The molecular weight excluding hydrogens is 132 g/mol. The molecule has 0 amide bonds. The van der Waals surface area contributed by atoms with Crippen LogP contribution in [0.5, 0.6) is 0 Å². The Morgan fingerprint density at radius 3 is 2.80 bits per heavy atom. The van der Waals surface area contributed by atoms with Crippen molar-refractivity contribution < 1.29 is 14.3 Å². The summed E-state index contributed by atoms with van der Waals surface area (Å²) in [5.74, 6) is 0.253. The lowest BCUT2D eigenvalue weighted by atomic mass is 10.1. The summed E-state index contributed by atoms with van der Waals surface area (Å²) in [6.07, 6.45) is 0.548. The van der Waals surface area contributed by atoms with Crippen LogP contribution in [0.15, 0.2) is 0 Å². The molecule has 0 aliphatic carbocycles. The summed E-state index contributed by atoms with van der Waals surface area (Å²) in [7, 11) is 0. The highest BCUT2D eigenvalue weighted by Gasteiger charge is 2.23. The molecule has 1 aliphatic heterocycles. The first-order valence-electron chi connectivity index (χ1n) is 3.47. The van der Waals surface area contributed by atoms with Crippen LogP contribution in [0.25, 0.3) is 0 Å². The second kappa shape index (κ2) is 3.01. The van der Waals surface area contributed by atoms with Crippen LogP contribution in [0.3, 0.4) is 0 Å². The summed E-state index contributed by atoms with van der Waals surface area (Å²) in [6.45, 7) is 4.17. The van der Waals surface area contributed by atoms with Crippen LogP contribution >= 0.6 is 0 Å². The van der Waals surface area contributed by atoms with Gasteiger partial charge in [0.1, 0.15) is 0 Å². The van der Waals surface area contributed by atoms with Crippen molar-refractivity contribution in [2.45, 2.75) is 26.6 Å². The van der Waals surface area contributed by atoms with Crippen molar-refractivity contribution in [2.24, 2.45) is 5.92 Å². The van der Waals surface area contributed by atoms with Crippen molar-refractivity contribution in [2.75, 3.05) is 6.61 Å². The van der Waals surface area contributed by atoms with Crippen LogP contribution in [0.4, 0.5) is 0 Å². The largest absolute Gasteiger partial charge is 0.436 e. The van der Waals surface area contributed by atoms with Gasteiger partial charge in [0.2, 0.25) is 6.29 Å². The first-order valence-corrected chi connectivity index (χ1v) is 3.47. The number of rotatable bonds is 1. The van der Waals surface area contributed by atoms with Gasteiger partial charge >= 0.3 is 5.97 Å². The Labute approximate surface area is 60.3 Å². The summed E-state index contributed by atoms with van der Waals surface area (Å²) in [6, 6.07) is 0. The van der Waals surface area contributed by atoms with Crippen molar-refractivity contribution >= 4 is 5.97 Å². The zero-order valence-corrected chi connectivity index (χ0v) is 6.29. The highest BCUT2D eigenvalue weighted by molar-refractivity contribution is 5.66. The van der Waals surface area contributed by atoms with Crippen LogP contribution < -0.4 is 0 Å². The van der Waals surface area contributed by atoms with Gasteiger partial charge in [0.05, 0.1) is 6.61 Å². The summed E-state index contributed by atoms with van der Waals surface area (Å²) >= 11 is 0. The number of carbonyl (C=O) groups excluding carboxylic acids is 1. The predicted molar refractivity (Wildman–Crippen MR) is 35.3 cm³/mol. The third-order valence-electron chi connectivity index (χ3n) is 1.46. The van der Waals surface area contributed by atoms with Gasteiger partial charge in [-0.3, -0.25) is 4.79 Å². The highest BCUT2D eigenvalue weighted by Crippen LogP contribution is 2.19. The van der Waals surface area contributed by atoms with Gasteiger partial charge in [0, 0.05) is 13.3 Å². The number of carbonyl (C=O) groups is 1. The maximum atomic E-state index is 10.4. The van der Waals surface area contributed by atoms with Crippen LogP contribution in [-0.2, 0) is 14.3 Å². The van der Waals surface area contributed by atoms with E-state index < -0.39 is 0 Å². The van der Waals surface area contributed by atoms with Crippen molar-refractivity contribution in [3.05, 3.63) is 0 Å². The van der Waals surface area contributed by atoms with Gasteiger partial charge in [-0.25, -0.2) is 0 Å². The molecule has 1 fully saturated rings. The van der Waals surface area contributed by atoms with Crippen molar-refractivity contribution in [1.29, 1.82) is 0 Å². The molecule has 0 saturated carbocycles. The molecule has 0 aromatic heterocycles. The van der Waals surface area contributed by atoms with E-state index in [1.807, 2.05) is 0 Å². The molecule has 1 aliphatic rings. The zero-order valence-electron chi connectivity index (χ0n) is 6.29. The average Bonchev–Trinajstić information content (AvgIpc) is 2.13. The summed E-state index contributed by atoms with van der Waals surface area (Å²) in [4.78, 5) is 10.4. The summed E-state index contributed by atoms with van der Waals surface area (Å²) < 4.78 is 9.95. The molecule has 0 radical (unpaired) electrons. The number of hydrogen-bond acceptors (Lipinski definition) is 3. The van der Waals surface area contributed by atoms with Crippen LogP contribution in [-0.4, -0.2) is 18.9 Å². The standard InChI is InChI=1S/C7H12O3/c1-5-3-7(9-4-5)10-6(2)8/h5,7H,3-4H2,1-2H3/t5-,7-/m0/s1. The molecule has 3 heteroatoms. The molecule has 0 aromatic carbocycles. The average molecular weight is 144 g/mol. The molecule has 10 heavy (non-hydrogen) atoms. The van der Waals surface area contributed by atoms with E-state index in [0.717, 1.165) is 6.42 Å². The maximum absolute atomic E-state index is 10.4. The normalized spacial score (nSPS) is 32.2. The second-order valence-electron chi connectivity index (χ2n) is 2.71. The van der Waals surface area contributed by atoms with Crippen LogP contribution in [0.2, 0.25) is 0 Å². The molecule has 1 heterocycles. The summed E-state index contributed by atoms with van der Waals surface area (Å²) in [5.41, 5.74) is 0. The van der Waals surface area contributed by atoms with E-state index in [-0.39, 0.29) is 12.3 Å². The van der Waals surface area contributed by atoms with Gasteiger partial charge in [0.15, 0.2) is 0 Å². The Balaban J connectivity index is 2.24. The van der Waals surface area contributed by atoms with E-state index in [9.17, 15) is 4.79 Å². The number of hydrogen-bond donors (Lipinski definition) is 0. The number of esters is 1. The van der Waals surface area contributed by atoms with Crippen LogP contribution in [0, 0.1) is 5.92 Å². The van der Waals surface area contributed by atoms with Crippen molar-refractivity contribution in [3.63, 3.8) is 0 Å². The molecule has 0 unspecified atom stereocenters. The predicted octanol–water partition coefficient (Wildman–Crippen LogP) is 0.932. The lowest BCUT2D eigenvalue weighted by Gasteiger charge is -2.07. The quantitative estimate of drug-likeness (QED) is 0.513. The number of ether oxygens (including phenoxy) is 2. The fourth-order valence-corrected chi connectivity index (χ4v) is 1.00. The fourth-order valence-electron chi connectivity index (χ4n) is 1.00. The lowest BCUT2D eigenvalue weighted by Crippen LogP contribution is -2.13. The molecule has 0 aromatic rings. The van der Waals surface area contributed by atoms with E-state index in [1.54, 1.807) is 0 Å². The second-order valence-corrected chi connectivity index (χ2v) is 2.71. The molecule has 58 valence electrons. The molecule has 1 saturated heterocycles. The Hall–Kier alpha value is -0.570. The Morgan fingerprint density at radius 1 is 1.70 bits per heavy atom. The smallest absolute Gasteiger partial charge is 0.304 e. The SMILES string of the molecule is CC(=O)O[C@H]1C[C@H](C)CO1. The van der Waals surface area contributed by atoms with Gasteiger partial charge in [-0.1, -0.05) is 6.92 Å². The Morgan fingerprint density at radius 2 is 2.40 bits per heavy atom. The van der Waals surface area contributed by atoms with Gasteiger partial charge in [-0.2, -0.15) is 0 Å². The zero-order chi connectivity index (χ0) is 7.56. The molecule has 2 atom stereocenters. The third kappa shape index (κ3) is 1.99. The highest BCUT2D eigenvalue weighted by atomic mass is 16.7. The molecule has 0 bridgehead atoms. The van der Waals surface area contributed by atoms with E-state index in [0.29, 0.717) is 12.5 Å². The monoisotopic (exact) mass is 144 g/mol. The first-order chi connectivity index (χ1) is 4.68. The third-order valence-corrected chi connectivity index (χ3v) is 1.46. The van der Waals surface area contributed by atoms with Crippen molar-refractivity contribution in [1.82, 2.24) is 0 Å².